The van der Waals surface area contributed by atoms with Gasteiger partial charge in [0.1, 0.15) is 11.2 Å². The Kier molecular flexibility index (Phi) is 10.8. The van der Waals surface area contributed by atoms with Crippen LogP contribution in [0.15, 0.2) is 296 Å². The summed E-state index contributed by atoms with van der Waals surface area (Å²) in [5.41, 5.74) is 22.5. The van der Waals surface area contributed by atoms with Crippen LogP contribution >= 0.6 is 0 Å². The minimum atomic E-state index is 0.907. The summed E-state index contributed by atoms with van der Waals surface area (Å²) in [4.78, 5) is 2.36. The standard InChI is InChI=1S/C72H48N2O/c1-2-16-49(17-3-1)55-18-14-19-56(48-55)52-38-44-58(45-39-52)73(57-42-36-51(37-43-57)50-32-34-54(35-33-50)61-26-15-27-67-66-25-9-13-31-71(66)75-72(61)67)59-46-40-53(41-47-59)60-20-4-5-21-62(60)63-22-6-10-28-68(63)74-69-29-11-7-23-64(69)65-24-8-12-30-70(65)74/h1-48H. The number of hydrogen-bond donors (Lipinski definition) is 0. The molecule has 0 saturated carbocycles. The van der Waals surface area contributed by atoms with Crippen LogP contribution in [0.25, 0.3) is 116 Å². The maximum absolute atomic E-state index is 6.40. The molecule has 3 heteroatoms. The summed E-state index contributed by atoms with van der Waals surface area (Å²) < 4.78 is 8.82. The van der Waals surface area contributed by atoms with Crippen LogP contribution in [-0.2, 0) is 0 Å². The van der Waals surface area contributed by atoms with Crippen molar-refractivity contribution >= 4 is 60.8 Å². The third-order valence-electron chi connectivity index (χ3n) is 14.9. The third-order valence-corrected chi connectivity index (χ3v) is 14.9. The zero-order chi connectivity index (χ0) is 49.7. The molecule has 0 fully saturated rings. The number of anilines is 3. The van der Waals surface area contributed by atoms with Crippen LogP contribution in [0, 0.1) is 0 Å². The van der Waals surface area contributed by atoms with Gasteiger partial charge in [0, 0.05) is 49.7 Å². The normalized spacial score (nSPS) is 11.5. The smallest absolute Gasteiger partial charge is 0.143 e. The highest BCUT2D eigenvalue weighted by atomic mass is 16.3. The zero-order valence-corrected chi connectivity index (χ0v) is 41.0. The van der Waals surface area contributed by atoms with Crippen molar-refractivity contribution in [2.75, 3.05) is 4.90 Å². The lowest BCUT2D eigenvalue weighted by Crippen LogP contribution is -2.09. The van der Waals surface area contributed by atoms with E-state index in [2.05, 4.69) is 289 Å². The molecule has 0 atom stereocenters. The van der Waals surface area contributed by atoms with E-state index in [1.165, 1.54) is 60.8 Å². The van der Waals surface area contributed by atoms with E-state index in [1.54, 1.807) is 0 Å². The molecule has 12 aromatic carbocycles. The van der Waals surface area contributed by atoms with Gasteiger partial charge in [-0.3, -0.25) is 0 Å². The summed E-state index contributed by atoms with van der Waals surface area (Å²) >= 11 is 0. The van der Waals surface area contributed by atoms with Crippen molar-refractivity contribution in [3.05, 3.63) is 291 Å². The van der Waals surface area contributed by atoms with Crippen molar-refractivity contribution in [2.45, 2.75) is 0 Å². The molecule has 0 aliphatic rings. The minimum absolute atomic E-state index is 0.907. The molecule has 0 aliphatic heterocycles. The van der Waals surface area contributed by atoms with Gasteiger partial charge in [0.2, 0.25) is 0 Å². The van der Waals surface area contributed by atoms with Crippen molar-refractivity contribution in [3.8, 4) is 72.4 Å². The molecule has 0 unspecified atom stereocenters. The average molecular weight is 957 g/mol. The summed E-state index contributed by atoms with van der Waals surface area (Å²) in [5.74, 6) is 0. The van der Waals surface area contributed by atoms with Crippen LogP contribution in [0.4, 0.5) is 17.1 Å². The Morgan fingerprint density at radius 3 is 1.29 bits per heavy atom. The summed E-state index contributed by atoms with van der Waals surface area (Å²) in [7, 11) is 0. The van der Waals surface area contributed by atoms with E-state index in [0.717, 1.165) is 72.5 Å². The lowest BCUT2D eigenvalue weighted by Gasteiger charge is -2.26. The molecule has 0 N–H and O–H groups in total. The number of fused-ring (bicyclic) bond motifs is 6. The fourth-order valence-corrected chi connectivity index (χ4v) is 11.2. The number of benzene rings is 12. The number of aromatic nitrogens is 1. The molecule has 0 aliphatic carbocycles. The van der Waals surface area contributed by atoms with Crippen molar-refractivity contribution in [1.82, 2.24) is 4.57 Å². The molecular formula is C72H48N2O. The molecular weight excluding hydrogens is 909 g/mol. The average Bonchev–Trinajstić information content (AvgIpc) is 4.06. The van der Waals surface area contributed by atoms with Crippen LogP contribution < -0.4 is 4.90 Å². The Bertz CT molecular complexity index is 4320. The van der Waals surface area contributed by atoms with Gasteiger partial charge in [0.15, 0.2) is 0 Å². The van der Waals surface area contributed by atoms with Gasteiger partial charge in [0.25, 0.3) is 0 Å². The Morgan fingerprint density at radius 1 is 0.253 bits per heavy atom. The molecule has 2 aromatic heterocycles. The highest BCUT2D eigenvalue weighted by Crippen LogP contribution is 2.43. The van der Waals surface area contributed by atoms with Crippen molar-refractivity contribution < 1.29 is 4.42 Å². The SMILES string of the molecule is c1ccc(-c2cccc(-c3ccc(N(c4ccc(-c5ccc(-c6cccc7c6oc6ccccc67)cc5)cc4)c4ccc(-c5ccccc5-c5ccccc5-n5c6ccccc6c6ccccc65)cc4)cc3)c2)cc1. The second-order valence-electron chi connectivity index (χ2n) is 19.2. The van der Waals surface area contributed by atoms with Crippen LogP contribution in [0.5, 0.6) is 0 Å². The van der Waals surface area contributed by atoms with E-state index in [1.807, 2.05) is 12.1 Å². The van der Waals surface area contributed by atoms with E-state index >= 15 is 0 Å². The van der Waals surface area contributed by atoms with Crippen LogP contribution in [0.2, 0.25) is 0 Å². The molecule has 0 radical (unpaired) electrons. The summed E-state index contributed by atoms with van der Waals surface area (Å²) in [5, 5.41) is 4.78. The van der Waals surface area contributed by atoms with E-state index in [9.17, 15) is 0 Å². The molecule has 0 spiro atoms. The Morgan fingerprint density at radius 2 is 0.653 bits per heavy atom. The third kappa shape index (κ3) is 7.86. The minimum Gasteiger partial charge on any atom is -0.455 e. The maximum Gasteiger partial charge on any atom is 0.143 e. The van der Waals surface area contributed by atoms with E-state index in [4.69, 9.17) is 4.42 Å². The van der Waals surface area contributed by atoms with Crippen molar-refractivity contribution in [1.29, 1.82) is 0 Å². The molecule has 0 bridgehead atoms. The number of rotatable bonds is 10. The lowest BCUT2D eigenvalue weighted by molar-refractivity contribution is 0.670. The fourth-order valence-electron chi connectivity index (χ4n) is 11.2. The van der Waals surface area contributed by atoms with Gasteiger partial charge < -0.3 is 13.9 Å². The number of nitrogens with zero attached hydrogens (tertiary/aromatic N) is 2. The maximum atomic E-state index is 6.40. The van der Waals surface area contributed by atoms with Gasteiger partial charge in [-0.15, -0.1) is 0 Å². The van der Waals surface area contributed by atoms with E-state index < -0.39 is 0 Å². The molecule has 0 saturated heterocycles. The van der Waals surface area contributed by atoms with Gasteiger partial charge in [-0.05, 0) is 122 Å². The molecule has 75 heavy (non-hydrogen) atoms. The first-order chi connectivity index (χ1) is 37.2. The lowest BCUT2D eigenvalue weighted by atomic mass is 9.93. The fraction of sp³-hybridized carbons (Fsp3) is 0. The van der Waals surface area contributed by atoms with E-state index in [0.29, 0.717) is 0 Å². The molecule has 14 aromatic rings. The van der Waals surface area contributed by atoms with Gasteiger partial charge in [-0.25, -0.2) is 0 Å². The van der Waals surface area contributed by atoms with Gasteiger partial charge in [0.05, 0.1) is 16.7 Å². The Hall–Kier alpha value is -9.96. The first-order valence-electron chi connectivity index (χ1n) is 25.6. The largest absolute Gasteiger partial charge is 0.455 e. The molecule has 0 amide bonds. The summed E-state index contributed by atoms with van der Waals surface area (Å²) in [6.45, 7) is 0. The highest BCUT2D eigenvalue weighted by molar-refractivity contribution is 6.11. The van der Waals surface area contributed by atoms with E-state index in [-0.39, 0.29) is 0 Å². The van der Waals surface area contributed by atoms with Crippen molar-refractivity contribution in [2.24, 2.45) is 0 Å². The zero-order valence-electron chi connectivity index (χ0n) is 41.0. The van der Waals surface area contributed by atoms with Crippen LogP contribution in [0.3, 0.4) is 0 Å². The summed E-state index contributed by atoms with van der Waals surface area (Å²) in [6, 6.07) is 105. The van der Waals surface area contributed by atoms with Gasteiger partial charge in [-0.2, -0.15) is 0 Å². The Labute approximate surface area is 436 Å². The first kappa shape index (κ1) is 43.8. The van der Waals surface area contributed by atoms with Crippen LogP contribution in [0.1, 0.15) is 0 Å². The number of hydrogen-bond acceptors (Lipinski definition) is 2. The van der Waals surface area contributed by atoms with Crippen molar-refractivity contribution in [3.63, 3.8) is 0 Å². The molecule has 3 nitrogen and oxygen atoms in total. The molecule has 14 rings (SSSR count). The second-order valence-corrected chi connectivity index (χ2v) is 19.2. The summed E-state index contributed by atoms with van der Waals surface area (Å²) in [6.07, 6.45) is 0. The second kappa shape index (κ2) is 18.6. The van der Waals surface area contributed by atoms with Gasteiger partial charge >= 0.3 is 0 Å². The first-order valence-corrected chi connectivity index (χ1v) is 25.6. The number of furan rings is 1. The topological polar surface area (TPSA) is 21.3 Å². The highest BCUT2D eigenvalue weighted by Gasteiger charge is 2.19. The Balaban J connectivity index is 0.820. The monoisotopic (exact) mass is 956 g/mol. The molecule has 2 heterocycles. The van der Waals surface area contributed by atoms with Crippen LogP contribution in [-0.4, -0.2) is 4.57 Å². The predicted octanol–water partition coefficient (Wildman–Crippen LogP) is 20.2. The van der Waals surface area contributed by atoms with Gasteiger partial charge in [-0.1, -0.05) is 224 Å². The number of para-hydroxylation sites is 5. The predicted molar refractivity (Wildman–Crippen MR) is 315 cm³/mol. The molecule has 352 valence electrons. The quantitative estimate of drug-likeness (QED) is 0.136.